The second kappa shape index (κ2) is 5.73. The largest absolute Gasteiger partial charge is 0.373 e. The highest BCUT2D eigenvalue weighted by Crippen LogP contribution is 2.49. The Morgan fingerprint density at radius 2 is 1.63 bits per heavy atom. The van der Waals surface area contributed by atoms with Gasteiger partial charge in [0.05, 0.1) is 12.2 Å². The van der Waals surface area contributed by atoms with Crippen molar-refractivity contribution in [1.29, 1.82) is 0 Å². The summed E-state index contributed by atoms with van der Waals surface area (Å²) < 4.78 is 6.22. The third-order valence-corrected chi connectivity index (χ3v) is 5.31. The van der Waals surface area contributed by atoms with Crippen molar-refractivity contribution in [2.24, 2.45) is 11.3 Å². The van der Waals surface area contributed by atoms with Crippen LogP contribution in [-0.2, 0) is 4.74 Å². The molecule has 2 nitrogen and oxygen atoms in total. The summed E-state index contributed by atoms with van der Waals surface area (Å²) >= 11 is 0. The van der Waals surface area contributed by atoms with Crippen LogP contribution in [0.4, 0.5) is 0 Å². The van der Waals surface area contributed by atoms with E-state index in [9.17, 15) is 0 Å². The summed E-state index contributed by atoms with van der Waals surface area (Å²) in [5.74, 6) is 0.598. The maximum Gasteiger partial charge on any atom is 0.0696 e. The van der Waals surface area contributed by atoms with Crippen molar-refractivity contribution < 1.29 is 4.74 Å². The Morgan fingerprint density at radius 3 is 2.11 bits per heavy atom. The zero-order valence-corrected chi connectivity index (χ0v) is 14.5. The lowest BCUT2D eigenvalue weighted by Crippen LogP contribution is -2.55. The number of nitrogens with zero attached hydrogens (tertiary/aromatic N) is 1. The van der Waals surface area contributed by atoms with Crippen molar-refractivity contribution in [2.45, 2.75) is 78.9 Å². The van der Waals surface area contributed by atoms with Crippen LogP contribution in [0.25, 0.3) is 0 Å². The van der Waals surface area contributed by atoms with E-state index in [1.165, 1.54) is 25.8 Å². The SMILES string of the molecule is CC.CC(C)C1(C)CC2(CO1)CC(C)(C)CCN2C. The summed E-state index contributed by atoms with van der Waals surface area (Å²) in [5, 5.41) is 0. The van der Waals surface area contributed by atoms with E-state index < -0.39 is 0 Å². The van der Waals surface area contributed by atoms with E-state index in [2.05, 4.69) is 46.6 Å². The van der Waals surface area contributed by atoms with Gasteiger partial charge in [-0.2, -0.15) is 0 Å². The predicted molar refractivity (Wildman–Crippen MR) is 83.5 cm³/mol. The lowest BCUT2D eigenvalue weighted by atomic mass is 9.69. The van der Waals surface area contributed by atoms with Gasteiger partial charge in [0.15, 0.2) is 0 Å². The summed E-state index contributed by atoms with van der Waals surface area (Å²) in [7, 11) is 2.28. The van der Waals surface area contributed by atoms with Gasteiger partial charge < -0.3 is 4.74 Å². The topological polar surface area (TPSA) is 12.5 Å². The average Bonchev–Trinajstić information content (AvgIpc) is 2.67. The van der Waals surface area contributed by atoms with E-state index >= 15 is 0 Å². The quantitative estimate of drug-likeness (QED) is 0.702. The van der Waals surface area contributed by atoms with Crippen molar-refractivity contribution >= 4 is 0 Å². The van der Waals surface area contributed by atoms with Gasteiger partial charge in [0, 0.05) is 5.54 Å². The number of ether oxygens (including phenoxy) is 1. The molecule has 2 aliphatic rings. The molecule has 0 saturated carbocycles. The lowest BCUT2D eigenvalue weighted by molar-refractivity contribution is -0.0279. The summed E-state index contributed by atoms with van der Waals surface area (Å²) in [6.45, 7) is 17.8. The van der Waals surface area contributed by atoms with Crippen LogP contribution in [0.5, 0.6) is 0 Å². The van der Waals surface area contributed by atoms with Crippen LogP contribution in [0, 0.1) is 11.3 Å². The molecule has 0 bridgehead atoms. The smallest absolute Gasteiger partial charge is 0.0696 e. The van der Waals surface area contributed by atoms with Gasteiger partial charge in [0.25, 0.3) is 0 Å². The Morgan fingerprint density at radius 1 is 1.05 bits per heavy atom. The van der Waals surface area contributed by atoms with Gasteiger partial charge in [-0.05, 0) is 51.1 Å². The number of hydrogen-bond acceptors (Lipinski definition) is 2. The molecule has 0 amide bonds. The molecule has 0 aromatic carbocycles. The van der Waals surface area contributed by atoms with Crippen LogP contribution in [0.15, 0.2) is 0 Å². The minimum Gasteiger partial charge on any atom is -0.373 e. The molecule has 114 valence electrons. The van der Waals surface area contributed by atoms with Gasteiger partial charge in [0.1, 0.15) is 0 Å². The molecule has 19 heavy (non-hydrogen) atoms. The van der Waals surface area contributed by atoms with Crippen LogP contribution in [-0.4, -0.2) is 36.2 Å². The molecule has 2 unspecified atom stereocenters. The van der Waals surface area contributed by atoms with Crippen molar-refractivity contribution in [1.82, 2.24) is 4.90 Å². The van der Waals surface area contributed by atoms with Crippen LogP contribution in [0.3, 0.4) is 0 Å². The maximum atomic E-state index is 6.22. The lowest BCUT2D eigenvalue weighted by Gasteiger charge is -2.49. The first kappa shape index (κ1) is 17.0. The fourth-order valence-corrected chi connectivity index (χ4v) is 3.61. The van der Waals surface area contributed by atoms with E-state index in [-0.39, 0.29) is 5.60 Å². The molecule has 2 heteroatoms. The third kappa shape index (κ3) is 3.33. The highest BCUT2D eigenvalue weighted by atomic mass is 16.5. The van der Waals surface area contributed by atoms with Crippen LogP contribution < -0.4 is 0 Å². The van der Waals surface area contributed by atoms with Gasteiger partial charge >= 0.3 is 0 Å². The van der Waals surface area contributed by atoms with Gasteiger partial charge in [-0.15, -0.1) is 0 Å². The first-order chi connectivity index (χ1) is 8.69. The standard InChI is InChI=1S/C15H29NO.C2H6/c1-12(2)14(5)10-15(11-17-14)9-13(3,4)7-8-16(15)6;1-2/h12H,7-11H2,1-6H3;1-2H3. The number of likely N-dealkylation sites (tertiary alicyclic amines) is 1. The Bertz CT molecular complexity index is 300. The fraction of sp³-hybridized carbons (Fsp3) is 1.00. The molecular formula is C17H35NO. The fourth-order valence-electron chi connectivity index (χ4n) is 3.61. The Balaban J connectivity index is 0.000000861. The van der Waals surface area contributed by atoms with E-state index in [4.69, 9.17) is 4.74 Å². The van der Waals surface area contributed by atoms with Crippen molar-refractivity contribution in [3.8, 4) is 0 Å². The minimum atomic E-state index is 0.0711. The number of hydrogen-bond donors (Lipinski definition) is 0. The molecule has 0 aliphatic carbocycles. The van der Waals surface area contributed by atoms with Crippen molar-refractivity contribution in [2.75, 3.05) is 20.2 Å². The molecular weight excluding hydrogens is 234 g/mol. The average molecular weight is 269 g/mol. The van der Waals surface area contributed by atoms with Crippen molar-refractivity contribution in [3.05, 3.63) is 0 Å². The van der Waals surface area contributed by atoms with E-state index in [0.29, 0.717) is 16.9 Å². The second-order valence-electron chi connectivity index (χ2n) is 7.67. The molecule has 0 aromatic heterocycles. The highest BCUT2D eigenvalue weighted by molar-refractivity contribution is 5.07. The first-order valence-electron chi connectivity index (χ1n) is 8.04. The normalized spacial score (nSPS) is 38.4. The van der Waals surface area contributed by atoms with Gasteiger partial charge in [-0.25, -0.2) is 0 Å². The zero-order valence-electron chi connectivity index (χ0n) is 14.5. The Kier molecular flexibility index (Phi) is 5.12. The number of likely N-dealkylation sites (N-methyl/N-ethyl adjacent to an activating group) is 1. The maximum absolute atomic E-state index is 6.22. The molecule has 2 atom stereocenters. The summed E-state index contributed by atoms with van der Waals surface area (Å²) in [6.07, 6.45) is 3.78. The summed E-state index contributed by atoms with van der Waals surface area (Å²) in [6, 6.07) is 0. The van der Waals surface area contributed by atoms with Crippen LogP contribution >= 0.6 is 0 Å². The van der Waals surface area contributed by atoms with E-state index in [0.717, 1.165) is 6.61 Å². The molecule has 0 radical (unpaired) electrons. The number of piperidine rings is 1. The van der Waals surface area contributed by atoms with Crippen molar-refractivity contribution in [3.63, 3.8) is 0 Å². The number of rotatable bonds is 1. The van der Waals surface area contributed by atoms with Gasteiger partial charge in [0.2, 0.25) is 0 Å². The monoisotopic (exact) mass is 269 g/mol. The van der Waals surface area contributed by atoms with Crippen LogP contribution in [0.2, 0.25) is 0 Å². The molecule has 2 heterocycles. The van der Waals surface area contributed by atoms with Gasteiger partial charge in [-0.1, -0.05) is 41.5 Å². The molecule has 0 aromatic rings. The summed E-state index contributed by atoms with van der Waals surface area (Å²) in [4.78, 5) is 2.56. The summed E-state index contributed by atoms with van der Waals surface area (Å²) in [5.41, 5.74) is 0.834. The zero-order chi connectivity index (χ0) is 14.9. The van der Waals surface area contributed by atoms with Crippen LogP contribution in [0.1, 0.15) is 67.7 Å². The molecule has 1 spiro atoms. The Hall–Kier alpha value is -0.0800. The predicted octanol–water partition coefficient (Wildman–Crippen LogP) is 4.34. The molecule has 2 aliphatic heterocycles. The first-order valence-corrected chi connectivity index (χ1v) is 8.04. The molecule has 0 N–H and O–H groups in total. The second-order valence-corrected chi connectivity index (χ2v) is 7.67. The third-order valence-electron chi connectivity index (χ3n) is 5.31. The Labute approximate surface area is 120 Å². The molecule has 2 fully saturated rings. The highest BCUT2D eigenvalue weighted by Gasteiger charge is 2.53. The molecule has 2 saturated heterocycles. The van der Waals surface area contributed by atoms with E-state index in [1.54, 1.807) is 0 Å². The molecule has 2 rings (SSSR count). The minimum absolute atomic E-state index is 0.0711. The van der Waals surface area contributed by atoms with Gasteiger partial charge in [-0.3, -0.25) is 4.90 Å². The van der Waals surface area contributed by atoms with E-state index in [1.807, 2.05) is 13.8 Å².